The van der Waals surface area contributed by atoms with Gasteiger partial charge in [0.2, 0.25) is 5.95 Å². The van der Waals surface area contributed by atoms with Gasteiger partial charge in [0.25, 0.3) is 0 Å². The number of aromatic nitrogens is 4. The number of rotatable bonds is 4. The summed E-state index contributed by atoms with van der Waals surface area (Å²) in [4.78, 5) is 8.84. The van der Waals surface area contributed by atoms with Gasteiger partial charge in [-0.05, 0) is 43.0 Å². The highest BCUT2D eigenvalue weighted by Crippen LogP contribution is 2.49. The maximum atomic E-state index is 6.02. The number of hydrogen-bond donors (Lipinski definition) is 4. The van der Waals surface area contributed by atoms with Gasteiger partial charge in [-0.15, -0.1) is 0 Å². The minimum atomic E-state index is -0.0782. The summed E-state index contributed by atoms with van der Waals surface area (Å²) in [6.45, 7) is 2.14. The summed E-state index contributed by atoms with van der Waals surface area (Å²) < 4.78 is 0. The van der Waals surface area contributed by atoms with Crippen molar-refractivity contribution in [2.75, 3.05) is 16.8 Å². The lowest BCUT2D eigenvalue weighted by atomic mass is 9.99. The van der Waals surface area contributed by atoms with Crippen molar-refractivity contribution in [2.45, 2.75) is 25.3 Å². The lowest BCUT2D eigenvalue weighted by molar-refractivity contribution is 0.791. The predicted molar refractivity (Wildman–Crippen MR) is 112 cm³/mol. The molecule has 0 amide bonds. The van der Waals surface area contributed by atoms with E-state index >= 15 is 0 Å². The van der Waals surface area contributed by atoms with E-state index in [-0.39, 0.29) is 11.5 Å². The number of fused-ring (bicyclic) bond motifs is 1. The smallest absolute Gasteiger partial charge is 0.222 e. The number of nitrogens with two attached hydrogens (primary N) is 2. The molecule has 0 bridgehead atoms. The SMILES string of the molecule is Cc1ccccc1C1(Nc2cc(-c3ccc4c(N)n[nH]c4c3)nc(N)n2)CC1. The number of H-pyrrole nitrogens is 1. The van der Waals surface area contributed by atoms with Crippen LogP contribution in [-0.2, 0) is 5.54 Å². The molecular weight excluding hydrogens is 350 g/mol. The number of aromatic amines is 1. The lowest BCUT2D eigenvalue weighted by Crippen LogP contribution is -2.21. The Hall–Kier alpha value is -3.61. The van der Waals surface area contributed by atoms with Gasteiger partial charge in [-0.2, -0.15) is 10.1 Å². The molecule has 1 aliphatic rings. The number of nitrogens with one attached hydrogen (secondary N) is 2. The first kappa shape index (κ1) is 16.6. The van der Waals surface area contributed by atoms with Crippen molar-refractivity contribution in [1.29, 1.82) is 0 Å². The molecule has 1 saturated carbocycles. The van der Waals surface area contributed by atoms with Crippen LogP contribution in [0.5, 0.6) is 0 Å². The Morgan fingerprint density at radius 1 is 1.04 bits per heavy atom. The van der Waals surface area contributed by atoms with Gasteiger partial charge in [0.15, 0.2) is 5.82 Å². The Labute approximate surface area is 162 Å². The van der Waals surface area contributed by atoms with Gasteiger partial charge >= 0.3 is 0 Å². The molecule has 5 rings (SSSR count). The first-order valence-electron chi connectivity index (χ1n) is 9.27. The summed E-state index contributed by atoms with van der Waals surface area (Å²) in [5.41, 5.74) is 16.9. The summed E-state index contributed by atoms with van der Waals surface area (Å²) in [6.07, 6.45) is 2.13. The van der Waals surface area contributed by atoms with Crippen LogP contribution >= 0.6 is 0 Å². The number of aryl methyl sites for hydroxylation is 1. The summed E-state index contributed by atoms with van der Waals surface area (Å²) in [5, 5.41) is 11.5. The van der Waals surface area contributed by atoms with Crippen LogP contribution in [0.15, 0.2) is 48.5 Å². The topological polar surface area (TPSA) is 119 Å². The Bertz CT molecular complexity index is 1190. The van der Waals surface area contributed by atoms with Gasteiger partial charge in [-0.25, -0.2) is 4.98 Å². The van der Waals surface area contributed by atoms with Crippen LogP contribution in [0.4, 0.5) is 17.6 Å². The van der Waals surface area contributed by atoms with Crippen molar-refractivity contribution in [3.05, 3.63) is 59.7 Å². The fourth-order valence-corrected chi connectivity index (χ4v) is 3.82. The molecule has 1 fully saturated rings. The van der Waals surface area contributed by atoms with Gasteiger partial charge < -0.3 is 16.8 Å². The molecule has 0 unspecified atom stereocenters. The molecule has 7 nitrogen and oxygen atoms in total. The fraction of sp³-hybridized carbons (Fsp3) is 0.190. The maximum absolute atomic E-state index is 6.02. The molecule has 2 aromatic heterocycles. The second-order valence-electron chi connectivity index (χ2n) is 7.39. The van der Waals surface area contributed by atoms with E-state index in [1.165, 1.54) is 11.1 Å². The largest absolute Gasteiger partial charge is 0.382 e. The minimum absolute atomic E-state index is 0.0782. The third kappa shape index (κ3) is 2.72. The van der Waals surface area contributed by atoms with Gasteiger partial charge in [0.05, 0.1) is 16.7 Å². The Morgan fingerprint density at radius 2 is 1.86 bits per heavy atom. The Balaban J connectivity index is 1.52. The molecule has 4 aromatic rings. The molecule has 2 aromatic carbocycles. The number of nitrogen functional groups attached to an aromatic ring is 2. The fourth-order valence-electron chi connectivity index (χ4n) is 3.82. The third-order valence-corrected chi connectivity index (χ3v) is 5.41. The standard InChI is InChI=1S/C21H21N7/c1-12-4-2-3-5-15(12)21(8-9-21)26-18-11-16(24-20(23)25-18)13-6-7-14-17(10-13)27-28-19(14)22/h2-7,10-11H,8-9H2,1H3,(H3,22,27,28)(H3,23,24,25,26). The second-order valence-corrected chi connectivity index (χ2v) is 7.39. The van der Waals surface area contributed by atoms with Crippen molar-refractivity contribution in [3.8, 4) is 11.3 Å². The Morgan fingerprint density at radius 3 is 2.64 bits per heavy atom. The average molecular weight is 371 g/mol. The van der Waals surface area contributed by atoms with Gasteiger partial charge in [0, 0.05) is 17.0 Å². The predicted octanol–water partition coefficient (Wildman–Crippen LogP) is 3.59. The van der Waals surface area contributed by atoms with Crippen molar-refractivity contribution < 1.29 is 0 Å². The molecule has 0 atom stereocenters. The average Bonchev–Trinajstić information content (AvgIpc) is 3.36. The van der Waals surface area contributed by atoms with E-state index in [0.29, 0.717) is 5.82 Å². The quantitative estimate of drug-likeness (QED) is 0.435. The zero-order valence-corrected chi connectivity index (χ0v) is 15.5. The highest BCUT2D eigenvalue weighted by molar-refractivity contribution is 5.91. The summed E-state index contributed by atoms with van der Waals surface area (Å²) in [5.74, 6) is 1.46. The molecule has 0 radical (unpaired) electrons. The summed E-state index contributed by atoms with van der Waals surface area (Å²) >= 11 is 0. The molecule has 7 heteroatoms. The maximum Gasteiger partial charge on any atom is 0.222 e. The number of anilines is 3. The van der Waals surface area contributed by atoms with Crippen LogP contribution < -0.4 is 16.8 Å². The molecule has 140 valence electrons. The number of benzene rings is 2. The van der Waals surface area contributed by atoms with E-state index in [2.05, 4.69) is 56.7 Å². The first-order chi connectivity index (χ1) is 13.5. The second kappa shape index (κ2) is 5.95. The third-order valence-electron chi connectivity index (χ3n) is 5.41. The monoisotopic (exact) mass is 371 g/mol. The molecule has 6 N–H and O–H groups in total. The normalized spacial score (nSPS) is 14.9. The minimum Gasteiger partial charge on any atom is -0.382 e. The van der Waals surface area contributed by atoms with E-state index in [4.69, 9.17) is 11.5 Å². The molecule has 28 heavy (non-hydrogen) atoms. The summed E-state index contributed by atoms with van der Waals surface area (Å²) in [6, 6.07) is 16.3. The Kier molecular flexibility index (Phi) is 3.52. The van der Waals surface area contributed by atoms with Crippen LogP contribution in [0.2, 0.25) is 0 Å². The number of hydrogen-bond acceptors (Lipinski definition) is 6. The zero-order valence-electron chi connectivity index (χ0n) is 15.5. The van der Waals surface area contributed by atoms with Gasteiger partial charge in [-0.1, -0.05) is 30.3 Å². The van der Waals surface area contributed by atoms with E-state index < -0.39 is 0 Å². The van der Waals surface area contributed by atoms with E-state index in [9.17, 15) is 0 Å². The van der Waals surface area contributed by atoms with Crippen LogP contribution in [0.3, 0.4) is 0 Å². The van der Waals surface area contributed by atoms with Crippen LogP contribution in [0.25, 0.3) is 22.2 Å². The van der Waals surface area contributed by atoms with Crippen molar-refractivity contribution in [3.63, 3.8) is 0 Å². The van der Waals surface area contributed by atoms with Gasteiger partial charge in [-0.3, -0.25) is 5.10 Å². The lowest BCUT2D eigenvalue weighted by Gasteiger charge is -2.21. The molecule has 1 aliphatic carbocycles. The molecule has 0 saturated heterocycles. The van der Waals surface area contributed by atoms with Crippen molar-refractivity contribution in [1.82, 2.24) is 20.2 Å². The molecule has 0 aliphatic heterocycles. The highest BCUT2D eigenvalue weighted by atomic mass is 15.2. The molecular formula is C21H21N7. The van der Waals surface area contributed by atoms with Crippen LogP contribution in [0, 0.1) is 6.92 Å². The van der Waals surface area contributed by atoms with Crippen molar-refractivity contribution >= 4 is 28.5 Å². The first-order valence-corrected chi connectivity index (χ1v) is 9.27. The van der Waals surface area contributed by atoms with Crippen LogP contribution in [-0.4, -0.2) is 20.2 Å². The van der Waals surface area contributed by atoms with E-state index in [0.717, 1.165) is 40.8 Å². The van der Waals surface area contributed by atoms with E-state index in [1.54, 1.807) is 0 Å². The number of nitrogens with zero attached hydrogens (tertiary/aromatic N) is 3. The highest BCUT2D eigenvalue weighted by Gasteiger charge is 2.45. The molecule has 0 spiro atoms. The van der Waals surface area contributed by atoms with Crippen LogP contribution in [0.1, 0.15) is 24.0 Å². The summed E-state index contributed by atoms with van der Waals surface area (Å²) in [7, 11) is 0. The molecule has 2 heterocycles. The van der Waals surface area contributed by atoms with Gasteiger partial charge in [0.1, 0.15) is 5.82 Å². The van der Waals surface area contributed by atoms with E-state index in [1.807, 2.05) is 24.3 Å². The zero-order chi connectivity index (χ0) is 19.3. The van der Waals surface area contributed by atoms with Crippen molar-refractivity contribution in [2.24, 2.45) is 0 Å².